The molecule has 0 aliphatic heterocycles. The molecule has 0 saturated heterocycles. The van der Waals surface area contributed by atoms with Gasteiger partial charge in [-0.3, -0.25) is 0 Å². The van der Waals surface area contributed by atoms with Crippen LogP contribution in [-0.2, 0) is 13.6 Å². The summed E-state index contributed by atoms with van der Waals surface area (Å²) >= 11 is 5.87. The fourth-order valence-electron chi connectivity index (χ4n) is 1.30. The number of aromatic nitrogens is 5. The second-order valence-electron chi connectivity index (χ2n) is 3.57. The molecule has 0 radical (unpaired) electrons. The Morgan fingerprint density at radius 1 is 1.56 bits per heavy atom. The third-order valence-corrected chi connectivity index (χ3v) is 2.67. The van der Waals surface area contributed by atoms with Gasteiger partial charge in [0, 0.05) is 7.05 Å². The monoisotopic (exact) mass is 241 g/mol. The Balaban J connectivity index is 2.17. The summed E-state index contributed by atoms with van der Waals surface area (Å²) in [4.78, 5) is 4.14. The van der Waals surface area contributed by atoms with E-state index in [1.807, 2.05) is 7.05 Å². The summed E-state index contributed by atoms with van der Waals surface area (Å²) in [6.45, 7) is 2.12. The SMILES string of the molecule is CC(O)c1cn(Cc2ncc(Cl)n2C)nn1. The van der Waals surface area contributed by atoms with E-state index in [0.717, 1.165) is 5.82 Å². The third-order valence-electron chi connectivity index (χ3n) is 2.32. The molecule has 7 heteroatoms. The van der Waals surface area contributed by atoms with E-state index in [4.69, 9.17) is 11.6 Å². The largest absolute Gasteiger partial charge is 0.387 e. The number of aliphatic hydroxyl groups is 1. The predicted octanol–water partition coefficient (Wildman–Crippen LogP) is 0.767. The molecule has 1 unspecified atom stereocenters. The first-order chi connectivity index (χ1) is 7.58. The van der Waals surface area contributed by atoms with Crippen molar-refractivity contribution < 1.29 is 5.11 Å². The Morgan fingerprint density at radius 2 is 2.31 bits per heavy atom. The van der Waals surface area contributed by atoms with Crippen molar-refractivity contribution in [2.45, 2.75) is 19.6 Å². The van der Waals surface area contributed by atoms with E-state index in [1.165, 1.54) is 0 Å². The second kappa shape index (κ2) is 4.23. The van der Waals surface area contributed by atoms with Gasteiger partial charge in [0.2, 0.25) is 0 Å². The number of aliphatic hydroxyl groups excluding tert-OH is 1. The van der Waals surface area contributed by atoms with Gasteiger partial charge in [-0.05, 0) is 6.92 Å². The van der Waals surface area contributed by atoms with Gasteiger partial charge >= 0.3 is 0 Å². The van der Waals surface area contributed by atoms with Crippen LogP contribution in [0.3, 0.4) is 0 Å². The maximum absolute atomic E-state index is 9.30. The van der Waals surface area contributed by atoms with Crippen LogP contribution in [0.2, 0.25) is 5.15 Å². The molecule has 2 aromatic heterocycles. The maximum Gasteiger partial charge on any atom is 0.131 e. The van der Waals surface area contributed by atoms with Crippen molar-refractivity contribution in [3.63, 3.8) is 0 Å². The Morgan fingerprint density at radius 3 is 2.81 bits per heavy atom. The van der Waals surface area contributed by atoms with E-state index >= 15 is 0 Å². The zero-order chi connectivity index (χ0) is 11.7. The third kappa shape index (κ3) is 2.07. The summed E-state index contributed by atoms with van der Waals surface area (Å²) < 4.78 is 3.38. The molecule has 0 aliphatic carbocycles. The van der Waals surface area contributed by atoms with Crippen LogP contribution in [0, 0.1) is 0 Å². The van der Waals surface area contributed by atoms with Crippen LogP contribution < -0.4 is 0 Å². The Labute approximate surface area is 97.5 Å². The van der Waals surface area contributed by atoms with Crippen LogP contribution in [0.25, 0.3) is 0 Å². The molecule has 0 aromatic carbocycles. The number of imidazole rings is 1. The highest BCUT2D eigenvalue weighted by Gasteiger charge is 2.09. The lowest BCUT2D eigenvalue weighted by Crippen LogP contribution is -2.06. The summed E-state index contributed by atoms with van der Waals surface area (Å²) in [6, 6.07) is 0. The predicted molar refractivity (Wildman–Crippen MR) is 58.0 cm³/mol. The molecule has 86 valence electrons. The fourth-order valence-corrected chi connectivity index (χ4v) is 1.44. The first-order valence-corrected chi connectivity index (χ1v) is 5.20. The summed E-state index contributed by atoms with van der Waals surface area (Å²) in [5.41, 5.74) is 0.542. The first-order valence-electron chi connectivity index (χ1n) is 4.82. The van der Waals surface area contributed by atoms with Gasteiger partial charge in [-0.25, -0.2) is 9.67 Å². The van der Waals surface area contributed by atoms with Gasteiger partial charge in [0.25, 0.3) is 0 Å². The lowest BCUT2D eigenvalue weighted by molar-refractivity contribution is 0.194. The highest BCUT2D eigenvalue weighted by Crippen LogP contribution is 2.11. The fraction of sp³-hybridized carbons (Fsp3) is 0.444. The average Bonchev–Trinajstić information content (AvgIpc) is 2.81. The number of halogens is 1. The minimum atomic E-state index is -0.612. The van der Waals surface area contributed by atoms with E-state index in [2.05, 4.69) is 15.3 Å². The number of hydrogen-bond acceptors (Lipinski definition) is 4. The van der Waals surface area contributed by atoms with Crippen molar-refractivity contribution in [3.05, 3.63) is 29.1 Å². The summed E-state index contributed by atoms with van der Waals surface area (Å²) in [6.07, 6.45) is 2.66. The Hall–Kier alpha value is -1.40. The van der Waals surface area contributed by atoms with Gasteiger partial charge in [-0.1, -0.05) is 16.8 Å². The normalized spacial score (nSPS) is 13.0. The van der Waals surface area contributed by atoms with Crippen LogP contribution in [0.1, 0.15) is 24.5 Å². The quantitative estimate of drug-likeness (QED) is 0.862. The smallest absolute Gasteiger partial charge is 0.131 e. The average molecular weight is 242 g/mol. The van der Waals surface area contributed by atoms with E-state index in [0.29, 0.717) is 17.4 Å². The number of rotatable bonds is 3. The molecule has 0 bridgehead atoms. The van der Waals surface area contributed by atoms with Gasteiger partial charge in [0.15, 0.2) is 0 Å². The summed E-state index contributed by atoms with van der Waals surface area (Å²) in [5, 5.41) is 17.6. The first kappa shape index (κ1) is 11.1. The Bertz CT molecular complexity index is 490. The van der Waals surface area contributed by atoms with E-state index in [-0.39, 0.29) is 0 Å². The van der Waals surface area contributed by atoms with Gasteiger partial charge in [-0.15, -0.1) is 5.10 Å². The minimum absolute atomic E-state index is 0.475. The molecule has 0 amide bonds. The van der Waals surface area contributed by atoms with Gasteiger partial charge in [0.05, 0.1) is 18.5 Å². The molecular weight excluding hydrogens is 230 g/mol. The standard InChI is InChI=1S/C9H12ClN5O/c1-6(16)7-4-15(13-12-7)5-9-11-3-8(10)14(9)2/h3-4,6,16H,5H2,1-2H3. The molecule has 2 heterocycles. The molecule has 2 aromatic rings. The van der Waals surface area contributed by atoms with Crippen molar-refractivity contribution in [1.29, 1.82) is 0 Å². The molecular formula is C9H12ClN5O. The molecule has 16 heavy (non-hydrogen) atoms. The van der Waals surface area contributed by atoms with Gasteiger partial charge in [-0.2, -0.15) is 0 Å². The number of nitrogens with zero attached hydrogens (tertiary/aromatic N) is 5. The second-order valence-corrected chi connectivity index (χ2v) is 3.96. The van der Waals surface area contributed by atoms with Crippen molar-refractivity contribution >= 4 is 11.6 Å². The van der Waals surface area contributed by atoms with E-state index in [1.54, 1.807) is 28.6 Å². The molecule has 6 nitrogen and oxygen atoms in total. The van der Waals surface area contributed by atoms with Crippen molar-refractivity contribution in [2.75, 3.05) is 0 Å². The van der Waals surface area contributed by atoms with E-state index in [9.17, 15) is 5.11 Å². The van der Waals surface area contributed by atoms with Crippen LogP contribution in [0.4, 0.5) is 0 Å². The minimum Gasteiger partial charge on any atom is -0.387 e. The van der Waals surface area contributed by atoms with Crippen molar-refractivity contribution in [3.8, 4) is 0 Å². The van der Waals surface area contributed by atoms with Crippen molar-refractivity contribution in [1.82, 2.24) is 24.5 Å². The zero-order valence-corrected chi connectivity index (χ0v) is 9.76. The van der Waals surface area contributed by atoms with Crippen LogP contribution in [0.5, 0.6) is 0 Å². The summed E-state index contributed by atoms with van der Waals surface area (Å²) in [7, 11) is 1.83. The highest BCUT2D eigenvalue weighted by atomic mass is 35.5. The lowest BCUT2D eigenvalue weighted by Gasteiger charge is -2.01. The molecule has 0 aliphatic rings. The lowest BCUT2D eigenvalue weighted by atomic mass is 10.3. The van der Waals surface area contributed by atoms with E-state index < -0.39 is 6.10 Å². The molecule has 0 saturated carbocycles. The number of hydrogen-bond donors (Lipinski definition) is 1. The van der Waals surface area contributed by atoms with Crippen LogP contribution >= 0.6 is 11.6 Å². The van der Waals surface area contributed by atoms with Gasteiger partial charge in [0.1, 0.15) is 23.2 Å². The molecule has 2 rings (SSSR count). The van der Waals surface area contributed by atoms with Crippen molar-refractivity contribution in [2.24, 2.45) is 7.05 Å². The van der Waals surface area contributed by atoms with Gasteiger partial charge < -0.3 is 9.67 Å². The molecule has 1 N–H and O–H groups in total. The molecule has 0 fully saturated rings. The van der Waals surface area contributed by atoms with Crippen LogP contribution in [-0.4, -0.2) is 29.7 Å². The molecule has 0 spiro atoms. The topological polar surface area (TPSA) is 68.8 Å². The molecule has 1 atom stereocenters. The zero-order valence-electron chi connectivity index (χ0n) is 9.00. The maximum atomic E-state index is 9.30. The summed E-state index contributed by atoms with van der Waals surface area (Å²) in [5.74, 6) is 0.784. The van der Waals surface area contributed by atoms with Crippen LogP contribution in [0.15, 0.2) is 12.4 Å². The highest BCUT2D eigenvalue weighted by molar-refractivity contribution is 6.29. The Kier molecular flexibility index (Phi) is 2.93.